The van der Waals surface area contributed by atoms with Crippen molar-refractivity contribution in [2.24, 2.45) is 5.10 Å². The topological polar surface area (TPSA) is 70.9 Å². The molecule has 0 aliphatic carbocycles. The van der Waals surface area contributed by atoms with Crippen LogP contribution in [0.15, 0.2) is 38.3 Å². The van der Waals surface area contributed by atoms with Crippen molar-refractivity contribution in [3.63, 3.8) is 0 Å². The third kappa shape index (κ3) is 4.54. The number of benzene rings is 2. The fourth-order valence-electron chi connectivity index (χ4n) is 2.06. The average molecular weight is 491 g/mol. The van der Waals surface area contributed by atoms with Gasteiger partial charge in [-0.25, -0.2) is 5.43 Å². The largest absolute Gasteiger partial charge is 0.504 e. The molecule has 0 spiro atoms. The Morgan fingerprint density at radius 3 is 2.84 bits per heavy atom. The second kappa shape index (κ2) is 8.69. The van der Waals surface area contributed by atoms with E-state index in [0.717, 1.165) is 0 Å². The zero-order valence-corrected chi connectivity index (χ0v) is 17.4. The summed E-state index contributed by atoms with van der Waals surface area (Å²) in [5.74, 6) is -0.156. The van der Waals surface area contributed by atoms with Gasteiger partial charge in [0.05, 0.1) is 18.4 Å². The minimum absolute atomic E-state index is 0.0751. The number of hydrazone groups is 1. The Kier molecular flexibility index (Phi) is 6.87. The third-order valence-electron chi connectivity index (χ3n) is 3.36. The molecule has 0 bridgehead atoms. The van der Waals surface area contributed by atoms with E-state index >= 15 is 0 Å². The summed E-state index contributed by atoms with van der Waals surface area (Å²) in [6.45, 7) is 3.98. The molecule has 0 heterocycles. The molecule has 0 aliphatic heterocycles. The summed E-state index contributed by atoms with van der Waals surface area (Å²) in [4.78, 5) is 12.2. The van der Waals surface area contributed by atoms with Crippen LogP contribution in [0.3, 0.4) is 0 Å². The monoisotopic (exact) mass is 488 g/mol. The number of aromatic hydroxyl groups is 1. The van der Waals surface area contributed by atoms with Crippen LogP contribution in [-0.2, 0) is 0 Å². The number of phenols is 1. The van der Waals surface area contributed by atoms with E-state index in [9.17, 15) is 9.90 Å². The highest BCUT2D eigenvalue weighted by molar-refractivity contribution is 9.13. The molecule has 1 amide bonds. The van der Waals surface area contributed by atoms with E-state index in [0.29, 0.717) is 43.0 Å². The minimum atomic E-state index is -0.396. The molecular formula is C17H15Br2ClN2O3. The maximum Gasteiger partial charge on any atom is 0.271 e. The van der Waals surface area contributed by atoms with Gasteiger partial charge in [0.25, 0.3) is 5.91 Å². The second-order valence-corrected chi connectivity index (χ2v) is 7.03. The number of carbonyl (C=O) groups is 1. The van der Waals surface area contributed by atoms with Crippen molar-refractivity contribution < 1.29 is 14.6 Å². The van der Waals surface area contributed by atoms with E-state index in [4.69, 9.17) is 16.3 Å². The van der Waals surface area contributed by atoms with Crippen molar-refractivity contribution >= 4 is 55.6 Å². The molecule has 2 aromatic carbocycles. The quantitative estimate of drug-likeness (QED) is 0.456. The fourth-order valence-corrected chi connectivity index (χ4v) is 3.07. The molecule has 0 saturated carbocycles. The Labute approximate surface area is 167 Å². The van der Waals surface area contributed by atoms with E-state index in [1.807, 2.05) is 6.92 Å². The zero-order valence-electron chi connectivity index (χ0n) is 13.4. The van der Waals surface area contributed by atoms with Gasteiger partial charge >= 0.3 is 0 Å². The van der Waals surface area contributed by atoms with Gasteiger partial charge in [-0.15, -0.1) is 0 Å². The average Bonchev–Trinajstić information content (AvgIpc) is 2.58. The van der Waals surface area contributed by atoms with Gasteiger partial charge in [-0.05, 0) is 69.5 Å². The number of nitrogens with zero attached hydrogens (tertiary/aromatic N) is 1. The Hall–Kier alpha value is -1.57. The van der Waals surface area contributed by atoms with Crippen LogP contribution in [-0.4, -0.2) is 23.8 Å². The van der Waals surface area contributed by atoms with Crippen LogP contribution in [0.4, 0.5) is 0 Å². The molecule has 0 fully saturated rings. The minimum Gasteiger partial charge on any atom is -0.504 e. The zero-order chi connectivity index (χ0) is 18.6. The predicted molar refractivity (Wildman–Crippen MR) is 106 cm³/mol. The molecule has 25 heavy (non-hydrogen) atoms. The van der Waals surface area contributed by atoms with Gasteiger partial charge in [-0.1, -0.05) is 17.7 Å². The lowest BCUT2D eigenvalue weighted by atomic mass is 10.1. The maximum absolute atomic E-state index is 12.2. The number of hydrogen-bond acceptors (Lipinski definition) is 4. The molecule has 5 nitrogen and oxygen atoms in total. The van der Waals surface area contributed by atoms with Gasteiger partial charge in [-0.2, -0.15) is 5.10 Å². The van der Waals surface area contributed by atoms with Crippen molar-refractivity contribution in [3.8, 4) is 11.5 Å². The Morgan fingerprint density at radius 2 is 2.16 bits per heavy atom. The number of rotatable bonds is 5. The molecule has 0 atom stereocenters. The molecule has 0 aromatic heterocycles. The Balaban J connectivity index is 2.25. The van der Waals surface area contributed by atoms with Crippen molar-refractivity contribution in [2.45, 2.75) is 13.8 Å². The normalized spacial score (nSPS) is 10.9. The first-order valence-corrected chi connectivity index (χ1v) is 9.25. The predicted octanol–water partition coefficient (Wildman–Crippen LogP) is 5.04. The number of amides is 1. The molecule has 2 N–H and O–H groups in total. The standard InChI is InChI=1S/C17H15Br2ClN2O3/c1-3-25-14-7-12(18)15(19)11(16(14)23)8-21-22-17(24)10-5-4-6-13(20)9(10)2/h4-8,23H,3H2,1-2H3,(H,22,24). The van der Waals surface area contributed by atoms with Gasteiger partial charge in [0.1, 0.15) is 0 Å². The van der Waals surface area contributed by atoms with Crippen LogP contribution in [0.5, 0.6) is 11.5 Å². The van der Waals surface area contributed by atoms with E-state index in [1.165, 1.54) is 6.21 Å². The summed E-state index contributed by atoms with van der Waals surface area (Å²) in [5.41, 5.74) is 3.90. The first-order valence-electron chi connectivity index (χ1n) is 7.29. The molecule has 0 radical (unpaired) electrons. The second-order valence-electron chi connectivity index (χ2n) is 4.98. The third-order valence-corrected chi connectivity index (χ3v) is 5.79. The summed E-state index contributed by atoms with van der Waals surface area (Å²) in [6.07, 6.45) is 1.34. The summed E-state index contributed by atoms with van der Waals surface area (Å²) < 4.78 is 6.65. The van der Waals surface area contributed by atoms with Gasteiger partial charge in [0, 0.05) is 19.5 Å². The summed E-state index contributed by atoms with van der Waals surface area (Å²) in [5, 5.41) is 14.7. The summed E-state index contributed by atoms with van der Waals surface area (Å²) in [7, 11) is 0. The fraction of sp³-hybridized carbons (Fsp3) is 0.176. The van der Waals surface area contributed by atoms with Gasteiger partial charge in [-0.3, -0.25) is 4.79 Å². The van der Waals surface area contributed by atoms with Gasteiger partial charge in [0.2, 0.25) is 0 Å². The lowest BCUT2D eigenvalue weighted by Gasteiger charge is -2.11. The molecule has 132 valence electrons. The van der Waals surface area contributed by atoms with Crippen LogP contribution in [0.1, 0.15) is 28.4 Å². The first-order chi connectivity index (χ1) is 11.9. The van der Waals surface area contributed by atoms with Crippen LogP contribution in [0, 0.1) is 6.92 Å². The highest BCUT2D eigenvalue weighted by Crippen LogP contribution is 2.39. The number of phenolic OH excluding ortho intramolecular Hbond substituents is 1. The first kappa shape index (κ1) is 19.8. The molecule has 8 heteroatoms. The smallest absolute Gasteiger partial charge is 0.271 e. The summed E-state index contributed by atoms with van der Waals surface area (Å²) in [6, 6.07) is 6.71. The van der Waals surface area contributed by atoms with Crippen molar-refractivity contribution in [2.75, 3.05) is 6.61 Å². The lowest BCUT2D eigenvalue weighted by Crippen LogP contribution is -2.18. The van der Waals surface area contributed by atoms with Crippen LogP contribution in [0.25, 0.3) is 0 Å². The number of carbonyl (C=O) groups excluding carboxylic acids is 1. The highest BCUT2D eigenvalue weighted by atomic mass is 79.9. The molecule has 2 rings (SSSR count). The van der Waals surface area contributed by atoms with Crippen molar-refractivity contribution in [1.82, 2.24) is 5.43 Å². The molecule has 0 saturated heterocycles. The van der Waals surface area contributed by atoms with E-state index < -0.39 is 5.91 Å². The van der Waals surface area contributed by atoms with Gasteiger partial charge in [0.15, 0.2) is 11.5 Å². The SMILES string of the molecule is CCOc1cc(Br)c(Br)c(C=NNC(=O)c2cccc(Cl)c2C)c1O. The van der Waals surface area contributed by atoms with Crippen molar-refractivity contribution in [3.05, 3.63) is 54.9 Å². The molecule has 2 aromatic rings. The maximum atomic E-state index is 12.2. The van der Waals surface area contributed by atoms with E-state index in [-0.39, 0.29) is 5.75 Å². The molecule has 0 aliphatic rings. The lowest BCUT2D eigenvalue weighted by molar-refractivity contribution is 0.0954. The van der Waals surface area contributed by atoms with Crippen molar-refractivity contribution in [1.29, 1.82) is 0 Å². The molecule has 0 unspecified atom stereocenters. The number of halogens is 3. The van der Waals surface area contributed by atoms with Crippen LogP contribution < -0.4 is 10.2 Å². The molecular weight excluding hydrogens is 475 g/mol. The van der Waals surface area contributed by atoms with Gasteiger partial charge < -0.3 is 9.84 Å². The van der Waals surface area contributed by atoms with Crippen LogP contribution >= 0.6 is 43.5 Å². The number of hydrogen-bond donors (Lipinski definition) is 2. The summed E-state index contributed by atoms with van der Waals surface area (Å²) >= 11 is 12.8. The van der Waals surface area contributed by atoms with Crippen LogP contribution in [0.2, 0.25) is 5.02 Å². The highest BCUT2D eigenvalue weighted by Gasteiger charge is 2.15. The Bertz CT molecular complexity index is 841. The Morgan fingerprint density at radius 1 is 1.44 bits per heavy atom. The van der Waals surface area contributed by atoms with E-state index in [2.05, 4.69) is 42.4 Å². The number of nitrogens with one attached hydrogen (secondary N) is 1. The van der Waals surface area contributed by atoms with E-state index in [1.54, 1.807) is 31.2 Å². The number of ether oxygens (including phenoxy) is 1.